The Morgan fingerprint density at radius 2 is 2.11 bits per heavy atom. The predicted octanol–water partition coefficient (Wildman–Crippen LogP) is 0.160. The van der Waals surface area contributed by atoms with Gasteiger partial charge >= 0.3 is 0 Å². The number of hydrogen-bond donors (Lipinski definition) is 2. The largest absolute Gasteiger partial charge is 0.396 e. The molecule has 0 spiro atoms. The summed E-state index contributed by atoms with van der Waals surface area (Å²) in [6, 6.07) is 0. The number of nitrogens with two attached hydrogens (primary N) is 1. The van der Waals surface area contributed by atoms with E-state index in [9.17, 15) is 4.79 Å². The summed E-state index contributed by atoms with van der Waals surface area (Å²) in [6.07, 6.45) is 4.24. The van der Waals surface area contributed by atoms with Crippen LogP contribution in [0.5, 0.6) is 0 Å². The highest BCUT2D eigenvalue weighted by molar-refractivity contribution is 5.97. The van der Waals surface area contributed by atoms with Crippen molar-refractivity contribution in [3.8, 4) is 0 Å². The number of amides is 1. The van der Waals surface area contributed by atoms with Crippen LogP contribution in [0.4, 0.5) is 5.69 Å². The molecule has 0 unspecified atom stereocenters. The van der Waals surface area contributed by atoms with E-state index in [0.29, 0.717) is 11.4 Å². The van der Waals surface area contributed by atoms with Crippen LogP contribution in [0, 0.1) is 5.92 Å². The quantitative estimate of drug-likeness (QED) is 0.800. The van der Waals surface area contributed by atoms with E-state index in [4.69, 9.17) is 5.73 Å². The van der Waals surface area contributed by atoms with Crippen LogP contribution in [0.1, 0.15) is 23.3 Å². The lowest BCUT2D eigenvalue weighted by molar-refractivity contribution is 0.0627. The maximum absolute atomic E-state index is 12.2. The first-order valence-corrected chi connectivity index (χ1v) is 6.54. The number of nitrogens with one attached hydrogen (secondary N) is 1. The second-order valence-electron chi connectivity index (χ2n) is 5.24. The molecule has 6 heteroatoms. The molecule has 3 rings (SSSR count). The number of nitrogen functional groups attached to an aromatic ring is 1. The fourth-order valence-electron chi connectivity index (χ4n) is 2.42. The van der Waals surface area contributed by atoms with Gasteiger partial charge in [-0.05, 0) is 18.8 Å². The Morgan fingerprint density at radius 3 is 2.67 bits per heavy atom. The van der Waals surface area contributed by atoms with Crippen LogP contribution in [0.25, 0.3) is 0 Å². The van der Waals surface area contributed by atoms with Gasteiger partial charge < -0.3 is 10.6 Å². The molecule has 0 atom stereocenters. The smallest absolute Gasteiger partial charge is 0.274 e. The number of aromatic amines is 1. The minimum atomic E-state index is -0.0314. The number of aromatic nitrogens is 2. The standard InChI is InChI=1S/C12H19N5O/c13-10-7-14-15-11(10)12(18)17-5-3-16(4-6-17)8-9-1-2-9/h7,9H,1-6,8,13H2,(H,14,15). The maximum Gasteiger partial charge on any atom is 0.274 e. The molecule has 1 amide bonds. The van der Waals surface area contributed by atoms with Crippen LogP contribution in [0.2, 0.25) is 0 Å². The van der Waals surface area contributed by atoms with E-state index >= 15 is 0 Å². The van der Waals surface area contributed by atoms with Gasteiger partial charge in [0.05, 0.1) is 11.9 Å². The van der Waals surface area contributed by atoms with E-state index in [1.165, 1.54) is 25.6 Å². The highest BCUT2D eigenvalue weighted by Gasteiger charge is 2.28. The van der Waals surface area contributed by atoms with E-state index in [1.807, 2.05) is 4.90 Å². The molecule has 1 aliphatic heterocycles. The fourth-order valence-corrected chi connectivity index (χ4v) is 2.42. The van der Waals surface area contributed by atoms with Crippen LogP contribution in [0.15, 0.2) is 6.20 Å². The van der Waals surface area contributed by atoms with Crippen molar-refractivity contribution in [1.82, 2.24) is 20.0 Å². The topological polar surface area (TPSA) is 78.2 Å². The third-order valence-corrected chi connectivity index (χ3v) is 3.76. The van der Waals surface area contributed by atoms with E-state index < -0.39 is 0 Å². The molecule has 18 heavy (non-hydrogen) atoms. The summed E-state index contributed by atoms with van der Waals surface area (Å²) in [6.45, 7) is 4.70. The van der Waals surface area contributed by atoms with Crippen molar-refractivity contribution in [2.24, 2.45) is 5.92 Å². The Labute approximate surface area is 106 Å². The van der Waals surface area contributed by atoms with Gasteiger partial charge in [0.2, 0.25) is 0 Å². The first kappa shape index (κ1) is 11.5. The molecule has 1 saturated carbocycles. The highest BCUT2D eigenvalue weighted by Crippen LogP contribution is 2.30. The number of nitrogens with zero attached hydrogens (tertiary/aromatic N) is 3. The minimum absolute atomic E-state index is 0.0314. The molecule has 2 aliphatic rings. The van der Waals surface area contributed by atoms with Gasteiger partial charge in [-0.2, -0.15) is 5.10 Å². The monoisotopic (exact) mass is 249 g/mol. The Bertz CT molecular complexity index is 431. The fraction of sp³-hybridized carbons (Fsp3) is 0.667. The molecule has 1 aromatic rings. The average Bonchev–Trinajstić information content (AvgIpc) is 3.09. The van der Waals surface area contributed by atoms with Gasteiger partial charge in [0.1, 0.15) is 5.69 Å². The molecule has 6 nitrogen and oxygen atoms in total. The molecule has 98 valence electrons. The van der Waals surface area contributed by atoms with Gasteiger partial charge in [-0.3, -0.25) is 14.8 Å². The number of carbonyl (C=O) groups is 1. The van der Waals surface area contributed by atoms with E-state index in [2.05, 4.69) is 15.1 Å². The number of H-pyrrole nitrogens is 1. The molecule has 2 fully saturated rings. The van der Waals surface area contributed by atoms with Gasteiger partial charge in [-0.15, -0.1) is 0 Å². The van der Waals surface area contributed by atoms with E-state index in [0.717, 1.165) is 32.1 Å². The molecule has 0 bridgehead atoms. The Morgan fingerprint density at radius 1 is 1.39 bits per heavy atom. The third-order valence-electron chi connectivity index (χ3n) is 3.76. The average molecular weight is 249 g/mol. The van der Waals surface area contributed by atoms with Gasteiger partial charge in [-0.1, -0.05) is 0 Å². The van der Waals surface area contributed by atoms with Crippen molar-refractivity contribution in [3.63, 3.8) is 0 Å². The molecule has 3 N–H and O–H groups in total. The Kier molecular flexibility index (Phi) is 2.95. The van der Waals surface area contributed by atoms with Crippen LogP contribution < -0.4 is 5.73 Å². The highest BCUT2D eigenvalue weighted by atomic mass is 16.2. The van der Waals surface area contributed by atoms with Crippen LogP contribution in [-0.2, 0) is 0 Å². The van der Waals surface area contributed by atoms with E-state index in [-0.39, 0.29) is 5.91 Å². The number of carbonyl (C=O) groups excluding carboxylic acids is 1. The zero-order chi connectivity index (χ0) is 12.5. The molecule has 2 heterocycles. The molecular weight excluding hydrogens is 230 g/mol. The lowest BCUT2D eigenvalue weighted by atomic mass is 10.2. The van der Waals surface area contributed by atoms with Crippen molar-refractivity contribution >= 4 is 11.6 Å². The second kappa shape index (κ2) is 4.61. The normalized spacial score (nSPS) is 21.2. The second-order valence-corrected chi connectivity index (χ2v) is 5.24. The number of anilines is 1. The third kappa shape index (κ3) is 2.33. The predicted molar refractivity (Wildman–Crippen MR) is 68.1 cm³/mol. The molecule has 1 aromatic heterocycles. The molecule has 0 aromatic carbocycles. The summed E-state index contributed by atoms with van der Waals surface area (Å²) >= 11 is 0. The zero-order valence-corrected chi connectivity index (χ0v) is 10.4. The summed E-state index contributed by atoms with van der Waals surface area (Å²) in [5, 5.41) is 6.47. The molecule has 0 radical (unpaired) electrons. The number of piperazine rings is 1. The lowest BCUT2D eigenvalue weighted by Crippen LogP contribution is -2.49. The van der Waals surface area contributed by atoms with Gasteiger partial charge in [0, 0.05) is 32.7 Å². The van der Waals surface area contributed by atoms with Crippen molar-refractivity contribution < 1.29 is 4.79 Å². The van der Waals surface area contributed by atoms with Gasteiger partial charge in [-0.25, -0.2) is 0 Å². The first-order chi connectivity index (χ1) is 8.74. The Hall–Kier alpha value is -1.56. The first-order valence-electron chi connectivity index (χ1n) is 6.54. The zero-order valence-electron chi connectivity index (χ0n) is 10.4. The minimum Gasteiger partial charge on any atom is -0.396 e. The van der Waals surface area contributed by atoms with Crippen molar-refractivity contribution in [2.75, 3.05) is 38.5 Å². The van der Waals surface area contributed by atoms with Crippen LogP contribution in [-0.4, -0.2) is 58.6 Å². The molecule has 1 aliphatic carbocycles. The summed E-state index contributed by atoms with van der Waals surface area (Å²) < 4.78 is 0. The van der Waals surface area contributed by atoms with E-state index in [1.54, 1.807) is 0 Å². The van der Waals surface area contributed by atoms with Crippen LogP contribution >= 0.6 is 0 Å². The summed E-state index contributed by atoms with van der Waals surface area (Å²) in [7, 11) is 0. The lowest BCUT2D eigenvalue weighted by Gasteiger charge is -2.34. The van der Waals surface area contributed by atoms with Crippen molar-refractivity contribution in [1.29, 1.82) is 0 Å². The number of rotatable bonds is 3. The summed E-state index contributed by atoms with van der Waals surface area (Å²) in [4.78, 5) is 16.5. The SMILES string of the molecule is Nc1cn[nH]c1C(=O)N1CCN(CC2CC2)CC1. The molecule has 1 saturated heterocycles. The molecular formula is C12H19N5O. The number of hydrogen-bond acceptors (Lipinski definition) is 4. The summed E-state index contributed by atoms with van der Waals surface area (Å²) in [5.74, 6) is 0.881. The summed E-state index contributed by atoms with van der Waals surface area (Å²) in [5.41, 5.74) is 6.55. The van der Waals surface area contributed by atoms with Crippen molar-refractivity contribution in [2.45, 2.75) is 12.8 Å². The van der Waals surface area contributed by atoms with Crippen LogP contribution in [0.3, 0.4) is 0 Å². The van der Waals surface area contributed by atoms with Gasteiger partial charge in [0.25, 0.3) is 5.91 Å². The van der Waals surface area contributed by atoms with Gasteiger partial charge in [0.15, 0.2) is 0 Å². The van der Waals surface area contributed by atoms with Crippen molar-refractivity contribution in [3.05, 3.63) is 11.9 Å². The maximum atomic E-state index is 12.2. The Balaban J connectivity index is 1.55.